The first kappa shape index (κ1) is 16.0. The first-order valence-corrected chi connectivity index (χ1v) is 9.92. The molecule has 3 fully saturated rings. The van der Waals surface area contributed by atoms with Gasteiger partial charge in [0.15, 0.2) is 0 Å². The zero-order chi connectivity index (χ0) is 15.7. The summed E-state index contributed by atoms with van der Waals surface area (Å²) in [4.78, 5) is 9.20. The molecule has 5 heteroatoms. The third-order valence-electron chi connectivity index (χ3n) is 5.97. The molecule has 0 amide bonds. The molecule has 1 aromatic rings. The van der Waals surface area contributed by atoms with E-state index in [9.17, 15) is 0 Å². The van der Waals surface area contributed by atoms with Gasteiger partial charge in [0.1, 0.15) is 0 Å². The Morgan fingerprint density at radius 3 is 2.65 bits per heavy atom. The van der Waals surface area contributed by atoms with Gasteiger partial charge in [-0.2, -0.15) is 0 Å². The zero-order valence-corrected chi connectivity index (χ0v) is 15.1. The minimum absolute atomic E-state index is 0.181. The number of likely N-dealkylation sites (N-methyl/N-ethyl adjacent to an activating group) is 1. The second-order valence-corrected chi connectivity index (χ2v) is 8.58. The number of hydrogen-bond acceptors (Lipinski definition) is 5. The van der Waals surface area contributed by atoms with Crippen molar-refractivity contribution in [2.45, 2.75) is 37.5 Å². The van der Waals surface area contributed by atoms with Crippen LogP contribution in [-0.2, 0) is 11.3 Å². The van der Waals surface area contributed by atoms with E-state index in [0.717, 1.165) is 13.2 Å². The first-order valence-electron chi connectivity index (χ1n) is 9.04. The highest BCUT2D eigenvalue weighted by molar-refractivity contribution is 7.09. The molecule has 4 rings (SSSR count). The van der Waals surface area contributed by atoms with Crippen LogP contribution in [0.3, 0.4) is 0 Å². The molecule has 0 saturated carbocycles. The normalized spacial score (nSPS) is 30.2. The minimum Gasteiger partial charge on any atom is -0.373 e. The van der Waals surface area contributed by atoms with Crippen LogP contribution >= 0.6 is 11.3 Å². The molecule has 0 unspecified atom stereocenters. The highest BCUT2D eigenvalue weighted by Crippen LogP contribution is 2.38. The Labute approximate surface area is 144 Å². The fourth-order valence-corrected chi connectivity index (χ4v) is 5.08. The number of thiophene rings is 1. The topological polar surface area (TPSA) is 19.0 Å². The van der Waals surface area contributed by atoms with E-state index in [4.69, 9.17) is 4.74 Å². The lowest BCUT2D eigenvalue weighted by molar-refractivity contribution is -0.0453. The second-order valence-electron chi connectivity index (χ2n) is 7.55. The number of rotatable bonds is 3. The summed E-state index contributed by atoms with van der Waals surface area (Å²) in [5.41, 5.74) is 0.181. The molecule has 3 saturated heterocycles. The molecule has 1 atom stereocenters. The minimum atomic E-state index is 0.181. The smallest absolute Gasteiger partial charge is 0.0723 e. The summed E-state index contributed by atoms with van der Waals surface area (Å²) in [5, 5.41) is 2.18. The highest BCUT2D eigenvalue weighted by Gasteiger charge is 2.44. The average molecular weight is 336 g/mol. The lowest BCUT2D eigenvalue weighted by Gasteiger charge is -2.39. The fraction of sp³-hybridized carbons (Fsp3) is 0.778. The Bertz CT molecular complexity index is 490. The van der Waals surface area contributed by atoms with E-state index in [1.165, 1.54) is 63.4 Å². The van der Waals surface area contributed by atoms with Crippen LogP contribution in [0.2, 0.25) is 0 Å². The van der Waals surface area contributed by atoms with Crippen molar-refractivity contribution in [2.75, 3.05) is 52.9 Å². The molecule has 4 heterocycles. The van der Waals surface area contributed by atoms with Gasteiger partial charge in [0.05, 0.1) is 12.2 Å². The van der Waals surface area contributed by atoms with Crippen molar-refractivity contribution in [1.82, 2.24) is 14.7 Å². The van der Waals surface area contributed by atoms with Crippen LogP contribution in [-0.4, -0.2) is 79.3 Å². The van der Waals surface area contributed by atoms with Crippen molar-refractivity contribution in [3.63, 3.8) is 0 Å². The van der Waals surface area contributed by atoms with E-state index in [-0.39, 0.29) is 5.60 Å². The number of likely N-dealkylation sites (tertiary alicyclic amines) is 1. The SMILES string of the molecule is CN1CCN([C@H]2COC3(CCN(Cc4cccs4)CC3)C2)CC1. The molecular weight excluding hydrogens is 306 g/mol. The number of piperazine rings is 1. The average Bonchev–Trinajstić information content (AvgIpc) is 3.21. The molecule has 23 heavy (non-hydrogen) atoms. The molecule has 3 aliphatic rings. The van der Waals surface area contributed by atoms with Gasteiger partial charge in [-0.05, 0) is 37.8 Å². The van der Waals surface area contributed by atoms with Crippen LogP contribution in [0.15, 0.2) is 17.5 Å². The third kappa shape index (κ3) is 3.64. The predicted molar refractivity (Wildman–Crippen MR) is 95.0 cm³/mol. The molecular formula is C18H29N3OS. The van der Waals surface area contributed by atoms with Crippen LogP contribution in [0.25, 0.3) is 0 Å². The van der Waals surface area contributed by atoms with E-state index in [0.29, 0.717) is 6.04 Å². The zero-order valence-electron chi connectivity index (χ0n) is 14.2. The first-order chi connectivity index (χ1) is 11.2. The number of ether oxygens (including phenoxy) is 1. The monoisotopic (exact) mass is 335 g/mol. The summed E-state index contributed by atoms with van der Waals surface area (Å²) < 4.78 is 6.38. The Kier molecular flexibility index (Phi) is 4.74. The van der Waals surface area contributed by atoms with Crippen molar-refractivity contribution in [2.24, 2.45) is 0 Å². The largest absolute Gasteiger partial charge is 0.373 e. The van der Waals surface area contributed by atoms with Crippen LogP contribution in [0.4, 0.5) is 0 Å². The van der Waals surface area contributed by atoms with Crippen molar-refractivity contribution in [3.8, 4) is 0 Å². The number of hydrogen-bond donors (Lipinski definition) is 0. The fourth-order valence-electron chi connectivity index (χ4n) is 4.33. The van der Waals surface area contributed by atoms with Crippen LogP contribution in [0.1, 0.15) is 24.1 Å². The molecule has 4 nitrogen and oxygen atoms in total. The van der Waals surface area contributed by atoms with Crippen molar-refractivity contribution >= 4 is 11.3 Å². The van der Waals surface area contributed by atoms with Gasteiger partial charge in [-0.15, -0.1) is 11.3 Å². The van der Waals surface area contributed by atoms with Gasteiger partial charge in [-0.3, -0.25) is 9.80 Å². The Balaban J connectivity index is 1.28. The molecule has 128 valence electrons. The summed E-state index contributed by atoms with van der Waals surface area (Å²) in [7, 11) is 2.23. The van der Waals surface area contributed by atoms with Gasteiger partial charge in [0, 0.05) is 56.7 Å². The summed E-state index contributed by atoms with van der Waals surface area (Å²) in [6.45, 7) is 9.29. The molecule has 1 aromatic heterocycles. The van der Waals surface area contributed by atoms with E-state index >= 15 is 0 Å². The van der Waals surface area contributed by atoms with Crippen LogP contribution < -0.4 is 0 Å². The quantitative estimate of drug-likeness (QED) is 0.842. The summed E-state index contributed by atoms with van der Waals surface area (Å²) in [6, 6.07) is 5.07. The third-order valence-corrected chi connectivity index (χ3v) is 6.83. The van der Waals surface area contributed by atoms with E-state index in [2.05, 4.69) is 39.3 Å². The van der Waals surface area contributed by atoms with Gasteiger partial charge in [0.2, 0.25) is 0 Å². The van der Waals surface area contributed by atoms with Gasteiger partial charge < -0.3 is 9.64 Å². The maximum Gasteiger partial charge on any atom is 0.0723 e. The number of nitrogens with zero attached hydrogens (tertiary/aromatic N) is 3. The molecule has 0 aromatic carbocycles. The van der Waals surface area contributed by atoms with Crippen LogP contribution in [0, 0.1) is 0 Å². The van der Waals surface area contributed by atoms with E-state index in [1.807, 2.05) is 11.3 Å². The summed E-state index contributed by atoms with van der Waals surface area (Å²) >= 11 is 1.88. The Hall–Kier alpha value is -0.460. The Morgan fingerprint density at radius 1 is 1.17 bits per heavy atom. The van der Waals surface area contributed by atoms with Crippen molar-refractivity contribution < 1.29 is 4.74 Å². The van der Waals surface area contributed by atoms with Crippen molar-refractivity contribution in [3.05, 3.63) is 22.4 Å². The van der Waals surface area contributed by atoms with Gasteiger partial charge >= 0.3 is 0 Å². The number of piperidine rings is 1. The lowest BCUT2D eigenvalue weighted by atomic mass is 9.87. The summed E-state index contributed by atoms with van der Waals surface area (Å²) in [6.07, 6.45) is 3.68. The highest BCUT2D eigenvalue weighted by atomic mass is 32.1. The lowest BCUT2D eigenvalue weighted by Crippen LogP contribution is -2.50. The van der Waals surface area contributed by atoms with Gasteiger partial charge in [-0.25, -0.2) is 0 Å². The second kappa shape index (κ2) is 6.81. The molecule has 0 aliphatic carbocycles. The molecule has 0 N–H and O–H groups in total. The van der Waals surface area contributed by atoms with Crippen molar-refractivity contribution in [1.29, 1.82) is 0 Å². The standard InChI is InChI=1S/C18H29N3OS/c1-19-8-10-21(11-9-19)16-13-18(22-15-16)4-6-20(7-5-18)14-17-3-2-12-23-17/h2-3,12,16H,4-11,13-15H2,1H3/t16-/m1/s1. The molecule has 3 aliphatic heterocycles. The van der Waals surface area contributed by atoms with E-state index in [1.54, 1.807) is 0 Å². The molecule has 1 spiro atoms. The Morgan fingerprint density at radius 2 is 1.96 bits per heavy atom. The predicted octanol–water partition coefficient (Wildman–Crippen LogP) is 2.12. The molecule has 0 radical (unpaired) electrons. The maximum absolute atomic E-state index is 6.38. The van der Waals surface area contributed by atoms with Crippen LogP contribution in [0.5, 0.6) is 0 Å². The maximum atomic E-state index is 6.38. The van der Waals surface area contributed by atoms with Gasteiger partial charge in [-0.1, -0.05) is 6.07 Å². The molecule has 0 bridgehead atoms. The summed E-state index contributed by atoms with van der Waals surface area (Å²) in [5.74, 6) is 0. The van der Waals surface area contributed by atoms with Gasteiger partial charge in [0.25, 0.3) is 0 Å². The van der Waals surface area contributed by atoms with E-state index < -0.39 is 0 Å².